The van der Waals surface area contributed by atoms with E-state index in [1.165, 1.54) is 5.56 Å². The van der Waals surface area contributed by atoms with Crippen molar-refractivity contribution in [3.05, 3.63) is 34.3 Å². The molecule has 0 aliphatic carbocycles. The second-order valence-corrected chi connectivity index (χ2v) is 5.40. The average Bonchev–Trinajstić information content (AvgIpc) is 2.73. The number of hydrogen-bond donors (Lipinski definition) is 2. The summed E-state index contributed by atoms with van der Waals surface area (Å²) in [6.07, 6.45) is 1.61. The van der Waals surface area contributed by atoms with E-state index in [9.17, 15) is 4.79 Å². The lowest BCUT2D eigenvalue weighted by Crippen LogP contribution is -2.36. The minimum Gasteiger partial charge on any atom is -0.352 e. The highest BCUT2D eigenvalue weighted by atomic mass is 79.9. The Morgan fingerprint density at radius 3 is 2.76 bits per heavy atom. The molecule has 3 nitrogen and oxygen atoms in total. The van der Waals surface area contributed by atoms with Gasteiger partial charge in [-0.15, -0.1) is 0 Å². The third-order valence-electron chi connectivity index (χ3n) is 3.13. The second-order valence-electron chi connectivity index (χ2n) is 4.48. The molecule has 2 N–H and O–H groups in total. The van der Waals surface area contributed by atoms with Gasteiger partial charge in [0.15, 0.2) is 0 Å². The van der Waals surface area contributed by atoms with E-state index in [4.69, 9.17) is 0 Å². The van der Waals surface area contributed by atoms with Crippen molar-refractivity contribution in [3.63, 3.8) is 0 Å². The van der Waals surface area contributed by atoms with Crippen LogP contribution >= 0.6 is 15.9 Å². The van der Waals surface area contributed by atoms with Crippen molar-refractivity contribution in [3.8, 4) is 0 Å². The Bertz CT molecular complexity index is 391. The number of hydrogen-bond acceptors (Lipinski definition) is 2. The molecule has 4 heteroatoms. The molecule has 1 aliphatic heterocycles. The third-order valence-corrected chi connectivity index (χ3v) is 3.65. The van der Waals surface area contributed by atoms with Crippen LogP contribution in [0.25, 0.3) is 0 Å². The highest BCUT2D eigenvalue weighted by molar-refractivity contribution is 9.10. The predicted octanol–water partition coefficient (Wildman–Crippen LogP) is 2.38. The van der Waals surface area contributed by atoms with E-state index in [2.05, 4.69) is 45.6 Å². The first kappa shape index (κ1) is 12.6. The molecule has 1 saturated heterocycles. The molecule has 2 atom stereocenters. The molecule has 1 fully saturated rings. The molecule has 0 radical (unpaired) electrons. The van der Waals surface area contributed by atoms with Gasteiger partial charge < -0.3 is 10.6 Å². The van der Waals surface area contributed by atoms with E-state index >= 15 is 0 Å². The SMILES string of the molecule is C[C@H](NCC1CCC(=O)N1)c1ccc(Br)cc1. The fourth-order valence-electron chi connectivity index (χ4n) is 2.02. The zero-order valence-corrected chi connectivity index (χ0v) is 11.5. The molecule has 17 heavy (non-hydrogen) atoms. The summed E-state index contributed by atoms with van der Waals surface area (Å²) in [5.41, 5.74) is 1.26. The largest absolute Gasteiger partial charge is 0.352 e. The highest BCUT2D eigenvalue weighted by Gasteiger charge is 2.20. The van der Waals surface area contributed by atoms with Gasteiger partial charge in [0.2, 0.25) is 5.91 Å². The van der Waals surface area contributed by atoms with Crippen LogP contribution in [0.1, 0.15) is 31.4 Å². The Hall–Kier alpha value is -0.870. The van der Waals surface area contributed by atoms with E-state index in [0.717, 1.165) is 17.4 Å². The fourth-order valence-corrected chi connectivity index (χ4v) is 2.28. The Morgan fingerprint density at radius 2 is 2.18 bits per heavy atom. The van der Waals surface area contributed by atoms with E-state index in [1.54, 1.807) is 0 Å². The first-order valence-electron chi connectivity index (χ1n) is 5.93. The van der Waals surface area contributed by atoms with Gasteiger partial charge in [-0.25, -0.2) is 0 Å². The normalized spacial score (nSPS) is 21.3. The van der Waals surface area contributed by atoms with Gasteiger partial charge in [-0.2, -0.15) is 0 Å². The van der Waals surface area contributed by atoms with Crippen LogP contribution in [0.4, 0.5) is 0 Å². The summed E-state index contributed by atoms with van der Waals surface area (Å²) in [5, 5.41) is 6.41. The summed E-state index contributed by atoms with van der Waals surface area (Å²) in [6.45, 7) is 2.98. The highest BCUT2D eigenvalue weighted by Crippen LogP contribution is 2.16. The summed E-state index contributed by atoms with van der Waals surface area (Å²) in [4.78, 5) is 11.1. The van der Waals surface area contributed by atoms with Crippen molar-refractivity contribution < 1.29 is 4.79 Å². The minimum absolute atomic E-state index is 0.174. The van der Waals surface area contributed by atoms with Crippen LogP contribution in [-0.2, 0) is 4.79 Å². The third kappa shape index (κ3) is 3.54. The molecule has 2 rings (SSSR count). The van der Waals surface area contributed by atoms with Crippen molar-refractivity contribution in [2.24, 2.45) is 0 Å². The van der Waals surface area contributed by atoms with Gasteiger partial charge in [0.25, 0.3) is 0 Å². The topological polar surface area (TPSA) is 41.1 Å². The van der Waals surface area contributed by atoms with Crippen LogP contribution in [0.3, 0.4) is 0 Å². The second kappa shape index (κ2) is 5.65. The number of rotatable bonds is 4. The van der Waals surface area contributed by atoms with Crippen molar-refractivity contribution in [1.29, 1.82) is 0 Å². The van der Waals surface area contributed by atoms with Crippen LogP contribution in [0, 0.1) is 0 Å². The Balaban J connectivity index is 1.82. The predicted molar refractivity (Wildman–Crippen MR) is 71.7 cm³/mol. The smallest absolute Gasteiger partial charge is 0.220 e. The number of halogens is 1. The molecule has 1 amide bonds. The van der Waals surface area contributed by atoms with Gasteiger partial charge in [-0.1, -0.05) is 28.1 Å². The van der Waals surface area contributed by atoms with Gasteiger partial charge >= 0.3 is 0 Å². The van der Waals surface area contributed by atoms with Crippen LogP contribution < -0.4 is 10.6 Å². The van der Waals surface area contributed by atoms with Gasteiger partial charge in [0, 0.05) is 29.5 Å². The maximum Gasteiger partial charge on any atom is 0.220 e. The lowest BCUT2D eigenvalue weighted by molar-refractivity contribution is -0.119. The van der Waals surface area contributed by atoms with Gasteiger partial charge in [0.05, 0.1) is 0 Å². The zero-order chi connectivity index (χ0) is 12.3. The van der Waals surface area contributed by atoms with Crippen molar-refractivity contribution in [2.45, 2.75) is 31.8 Å². The van der Waals surface area contributed by atoms with E-state index in [1.807, 2.05) is 12.1 Å². The van der Waals surface area contributed by atoms with E-state index in [-0.39, 0.29) is 5.91 Å². The number of nitrogens with one attached hydrogen (secondary N) is 2. The monoisotopic (exact) mass is 296 g/mol. The van der Waals surface area contributed by atoms with Crippen molar-refractivity contribution in [2.75, 3.05) is 6.54 Å². The fraction of sp³-hybridized carbons (Fsp3) is 0.462. The van der Waals surface area contributed by atoms with Crippen molar-refractivity contribution in [1.82, 2.24) is 10.6 Å². The summed E-state index contributed by atoms with van der Waals surface area (Å²) in [6, 6.07) is 8.90. The molecule has 92 valence electrons. The molecule has 1 aromatic carbocycles. The number of carbonyl (C=O) groups excluding carboxylic acids is 1. The Labute approximate surface area is 110 Å². The molecular formula is C13H17BrN2O. The molecular weight excluding hydrogens is 280 g/mol. The van der Waals surface area contributed by atoms with Crippen LogP contribution in [0.15, 0.2) is 28.7 Å². The Morgan fingerprint density at radius 1 is 1.47 bits per heavy atom. The van der Waals surface area contributed by atoms with Gasteiger partial charge in [-0.3, -0.25) is 4.79 Å². The number of benzene rings is 1. The van der Waals surface area contributed by atoms with Crippen molar-refractivity contribution >= 4 is 21.8 Å². The maximum atomic E-state index is 11.1. The minimum atomic E-state index is 0.174. The summed E-state index contributed by atoms with van der Waals surface area (Å²) >= 11 is 3.43. The molecule has 1 unspecified atom stereocenters. The lowest BCUT2D eigenvalue weighted by Gasteiger charge is -2.17. The van der Waals surface area contributed by atoms with Crippen LogP contribution in [0.5, 0.6) is 0 Å². The molecule has 0 bridgehead atoms. The molecule has 0 spiro atoms. The van der Waals surface area contributed by atoms with Gasteiger partial charge in [0.1, 0.15) is 0 Å². The molecule has 0 aromatic heterocycles. The number of carbonyl (C=O) groups is 1. The molecule has 0 saturated carbocycles. The average molecular weight is 297 g/mol. The quantitative estimate of drug-likeness (QED) is 0.896. The zero-order valence-electron chi connectivity index (χ0n) is 9.87. The summed E-state index contributed by atoms with van der Waals surface area (Å²) in [5.74, 6) is 0.174. The summed E-state index contributed by atoms with van der Waals surface area (Å²) in [7, 11) is 0. The molecule has 1 aromatic rings. The van der Waals surface area contributed by atoms with E-state index < -0.39 is 0 Å². The maximum absolute atomic E-state index is 11.1. The van der Waals surface area contributed by atoms with Crippen LogP contribution in [-0.4, -0.2) is 18.5 Å². The number of amides is 1. The van der Waals surface area contributed by atoms with E-state index in [0.29, 0.717) is 18.5 Å². The standard InChI is InChI=1S/C13H17BrN2O/c1-9(10-2-4-11(14)5-3-10)15-8-12-6-7-13(17)16-12/h2-5,9,12,15H,6-8H2,1H3,(H,16,17)/t9-,12?/m0/s1. The first-order valence-corrected chi connectivity index (χ1v) is 6.72. The first-order chi connectivity index (χ1) is 8.15. The molecule has 1 aliphatic rings. The van der Waals surface area contributed by atoms with Gasteiger partial charge in [-0.05, 0) is 31.0 Å². The summed E-state index contributed by atoms with van der Waals surface area (Å²) < 4.78 is 1.09. The van der Waals surface area contributed by atoms with Crippen LogP contribution in [0.2, 0.25) is 0 Å². The lowest BCUT2D eigenvalue weighted by atomic mass is 10.1. The molecule has 1 heterocycles. The Kier molecular flexibility index (Phi) is 4.18.